The molecule has 0 spiro atoms. The number of benzene rings is 2. The molecule has 2 heteroatoms. The van der Waals surface area contributed by atoms with Crippen molar-refractivity contribution in [1.82, 2.24) is 0 Å². The van der Waals surface area contributed by atoms with Crippen LogP contribution in [-0.4, -0.2) is 19.8 Å². The maximum absolute atomic E-state index is 5.89. The second-order valence-corrected chi connectivity index (χ2v) is 5.43. The van der Waals surface area contributed by atoms with E-state index in [2.05, 4.69) is 43.3 Å². The molecular weight excluding hydrogens is 248 g/mol. The fraction of sp³-hybridized carbons (Fsp3) is 0.444. The van der Waals surface area contributed by atoms with E-state index >= 15 is 0 Å². The smallest absolute Gasteiger partial charge is 0.127 e. The van der Waals surface area contributed by atoms with Crippen LogP contribution in [0.5, 0.6) is 5.75 Å². The van der Waals surface area contributed by atoms with Gasteiger partial charge in [-0.25, -0.2) is 0 Å². The maximum Gasteiger partial charge on any atom is 0.127 e. The van der Waals surface area contributed by atoms with Crippen molar-refractivity contribution in [2.24, 2.45) is 0 Å². The van der Waals surface area contributed by atoms with Gasteiger partial charge in [0.2, 0.25) is 0 Å². The summed E-state index contributed by atoms with van der Waals surface area (Å²) < 4.78 is 11.4. The molecule has 0 bridgehead atoms. The van der Waals surface area contributed by atoms with Crippen LogP contribution in [0.4, 0.5) is 0 Å². The van der Waals surface area contributed by atoms with Crippen LogP contribution in [0, 0.1) is 0 Å². The first-order chi connectivity index (χ1) is 9.90. The van der Waals surface area contributed by atoms with Crippen molar-refractivity contribution < 1.29 is 9.47 Å². The zero-order valence-corrected chi connectivity index (χ0v) is 12.1. The standard InChI is InChI=1S/C18H22O2/c1-2-11-20-18-8-4-6-16-15(5-3-7-17(16)18)14-9-12-19-13-10-14/h3-8,14H,2,9-13H2,1H3. The summed E-state index contributed by atoms with van der Waals surface area (Å²) in [6.07, 6.45) is 3.29. The zero-order valence-electron chi connectivity index (χ0n) is 12.1. The van der Waals surface area contributed by atoms with E-state index in [1.165, 1.54) is 16.3 Å². The van der Waals surface area contributed by atoms with Crippen LogP contribution in [0.2, 0.25) is 0 Å². The van der Waals surface area contributed by atoms with E-state index in [-0.39, 0.29) is 0 Å². The third kappa shape index (κ3) is 2.66. The molecule has 3 rings (SSSR count). The summed E-state index contributed by atoms with van der Waals surface area (Å²) in [4.78, 5) is 0. The molecule has 1 heterocycles. The molecule has 1 aliphatic heterocycles. The van der Waals surface area contributed by atoms with Gasteiger partial charge in [-0.1, -0.05) is 37.3 Å². The highest BCUT2D eigenvalue weighted by molar-refractivity contribution is 5.91. The molecule has 2 nitrogen and oxygen atoms in total. The minimum Gasteiger partial charge on any atom is -0.493 e. The van der Waals surface area contributed by atoms with Crippen LogP contribution in [0.1, 0.15) is 37.7 Å². The Labute approximate surface area is 120 Å². The van der Waals surface area contributed by atoms with Gasteiger partial charge in [0.25, 0.3) is 0 Å². The molecule has 0 aromatic heterocycles. The topological polar surface area (TPSA) is 18.5 Å². The second kappa shape index (κ2) is 6.27. The van der Waals surface area contributed by atoms with Crippen molar-refractivity contribution in [3.63, 3.8) is 0 Å². The van der Waals surface area contributed by atoms with Gasteiger partial charge >= 0.3 is 0 Å². The van der Waals surface area contributed by atoms with Crippen molar-refractivity contribution in [2.75, 3.05) is 19.8 Å². The molecule has 0 unspecified atom stereocenters. The quantitative estimate of drug-likeness (QED) is 0.813. The number of ether oxygens (including phenoxy) is 2. The van der Waals surface area contributed by atoms with E-state index in [4.69, 9.17) is 9.47 Å². The van der Waals surface area contributed by atoms with E-state index in [1.54, 1.807) is 0 Å². The summed E-state index contributed by atoms with van der Waals surface area (Å²) in [5, 5.41) is 2.58. The van der Waals surface area contributed by atoms with Crippen molar-refractivity contribution in [2.45, 2.75) is 32.1 Å². The van der Waals surface area contributed by atoms with E-state index in [9.17, 15) is 0 Å². The highest BCUT2D eigenvalue weighted by atomic mass is 16.5. The molecule has 0 N–H and O–H groups in total. The van der Waals surface area contributed by atoms with E-state index in [0.29, 0.717) is 5.92 Å². The molecule has 2 aromatic rings. The van der Waals surface area contributed by atoms with Crippen molar-refractivity contribution in [1.29, 1.82) is 0 Å². The predicted molar refractivity (Wildman–Crippen MR) is 82.5 cm³/mol. The number of hydrogen-bond acceptors (Lipinski definition) is 2. The Morgan fingerprint density at radius 2 is 1.80 bits per heavy atom. The van der Waals surface area contributed by atoms with Crippen molar-refractivity contribution >= 4 is 10.8 Å². The summed E-state index contributed by atoms with van der Waals surface area (Å²) in [6, 6.07) is 13.0. The van der Waals surface area contributed by atoms with Gasteiger partial charge in [0.15, 0.2) is 0 Å². The van der Waals surface area contributed by atoms with Gasteiger partial charge in [-0.05, 0) is 42.2 Å². The Bertz CT molecular complexity index is 571. The van der Waals surface area contributed by atoms with E-state index < -0.39 is 0 Å². The Kier molecular flexibility index (Phi) is 4.22. The molecule has 20 heavy (non-hydrogen) atoms. The maximum atomic E-state index is 5.89. The summed E-state index contributed by atoms with van der Waals surface area (Å²) in [6.45, 7) is 4.68. The summed E-state index contributed by atoms with van der Waals surface area (Å²) in [5.74, 6) is 1.63. The lowest BCUT2D eigenvalue weighted by Crippen LogP contribution is -2.14. The van der Waals surface area contributed by atoms with Gasteiger partial charge in [0.1, 0.15) is 5.75 Å². The van der Waals surface area contributed by atoms with E-state index in [1.807, 2.05) is 0 Å². The summed E-state index contributed by atoms with van der Waals surface area (Å²) >= 11 is 0. The Morgan fingerprint density at radius 1 is 1.05 bits per heavy atom. The van der Waals surface area contributed by atoms with Crippen LogP contribution in [0.3, 0.4) is 0 Å². The second-order valence-electron chi connectivity index (χ2n) is 5.43. The molecule has 1 fully saturated rings. The molecule has 0 amide bonds. The fourth-order valence-electron chi connectivity index (χ4n) is 3.01. The SMILES string of the molecule is CCCOc1cccc2c(C3CCOCC3)cccc12. The highest BCUT2D eigenvalue weighted by Crippen LogP contribution is 2.35. The first kappa shape index (κ1) is 13.4. The zero-order chi connectivity index (χ0) is 13.8. The predicted octanol–water partition coefficient (Wildman–Crippen LogP) is 4.52. The van der Waals surface area contributed by atoms with Crippen molar-refractivity contribution in [3.05, 3.63) is 42.0 Å². The van der Waals surface area contributed by atoms with Crippen LogP contribution >= 0.6 is 0 Å². The van der Waals surface area contributed by atoms with Crippen LogP contribution in [-0.2, 0) is 4.74 Å². The van der Waals surface area contributed by atoms with Gasteiger partial charge in [-0.15, -0.1) is 0 Å². The molecule has 0 radical (unpaired) electrons. The number of rotatable bonds is 4. The average Bonchev–Trinajstić information content (AvgIpc) is 2.53. The Hall–Kier alpha value is -1.54. The molecular formula is C18H22O2. The lowest BCUT2D eigenvalue weighted by atomic mass is 9.88. The summed E-state index contributed by atoms with van der Waals surface area (Å²) in [5.41, 5.74) is 1.45. The number of fused-ring (bicyclic) bond motifs is 1. The van der Waals surface area contributed by atoms with Gasteiger partial charge in [0.05, 0.1) is 6.61 Å². The third-order valence-corrected chi connectivity index (χ3v) is 4.04. The lowest BCUT2D eigenvalue weighted by molar-refractivity contribution is 0.0856. The fourth-order valence-corrected chi connectivity index (χ4v) is 3.01. The normalized spacial score (nSPS) is 16.4. The Balaban J connectivity index is 2.00. The molecule has 0 atom stereocenters. The molecule has 1 saturated heterocycles. The molecule has 1 aliphatic rings. The average molecular weight is 270 g/mol. The lowest BCUT2D eigenvalue weighted by Gasteiger charge is -2.24. The van der Waals surface area contributed by atoms with Gasteiger partial charge < -0.3 is 9.47 Å². The van der Waals surface area contributed by atoms with Gasteiger partial charge in [-0.2, -0.15) is 0 Å². The monoisotopic (exact) mass is 270 g/mol. The minimum atomic E-state index is 0.619. The first-order valence-corrected chi connectivity index (χ1v) is 7.62. The molecule has 106 valence electrons. The summed E-state index contributed by atoms with van der Waals surface area (Å²) in [7, 11) is 0. The largest absolute Gasteiger partial charge is 0.493 e. The van der Waals surface area contributed by atoms with Gasteiger partial charge in [-0.3, -0.25) is 0 Å². The Morgan fingerprint density at radius 3 is 2.60 bits per heavy atom. The van der Waals surface area contributed by atoms with E-state index in [0.717, 1.165) is 44.8 Å². The highest BCUT2D eigenvalue weighted by Gasteiger charge is 2.18. The first-order valence-electron chi connectivity index (χ1n) is 7.62. The van der Waals surface area contributed by atoms with Crippen molar-refractivity contribution in [3.8, 4) is 5.75 Å². The molecule has 2 aromatic carbocycles. The van der Waals surface area contributed by atoms with Crippen LogP contribution in [0.25, 0.3) is 10.8 Å². The number of hydrogen-bond donors (Lipinski definition) is 0. The minimum absolute atomic E-state index is 0.619. The third-order valence-electron chi connectivity index (χ3n) is 4.04. The van der Waals surface area contributed by atoms with Crippen LogP contribution < -0.4 is 4.74 Å². The molecule has 0 aliphatic carbocycles. The molecule has 0 saturated carbocycles. The van der Waals surface area contributed by atoms with Crippen LogP contribution in [0.15, 0.2) is 36.4 Å². The van der Waals surface area contributed by atoms with Gasteiger partial charge in [0, 0.05) is 18.6 Å².